The Morgan fingerprint density at radius 1 is 0.600 bits per heavy atom. The van der Waals surface area contributed by atoms with E-state index < -0.39 is 0 Å². The topological polar surface area (TPSA) is 19.0 Å². The van der Waals surface area contributed by atoms with E-state index in [1.54, 1.807) is 11.3 Å². The number of nitrogens with zero attached hydrogens (tertiary/aromatic N) is 1. The number of benzene rings is 5. The third kappa shape index (κ3) is 3.41. The molecule has 0 atom stereocenters. The molecule has 1 N–H and O–H groups in total. The maximum Gasteiger partial charge on any atom is 0.0999 e. The first-order chi connectivity index (χ1) is 19.6. The summed E-state index contributed by atoms with van der Waals surface area (Å²) in [4.78, 5) is 6.06. The molecule has 2 nitrogen and oxygen atoms in total. The van der Waals surface area contributed by atoms with Crippen molar-refractivity contribution in [2.24, 2.45) is 0 Å². The van der Waals surface area contributed by atoms with Gasteiger partial charge in [0.2, 0.25) is 0 Å². The Kier molecular flexibility index (Phi) is 5.07. The average Bonchev–Trinajstić information content (AvgIpc) is 3.70. The number of hydrogen-bond acceptors (Lipinski definition) is 2. The van der Waals surface area contributed by atoms with E-state index in [2.05, 4.69) is 150 Å². The Labute approximate surface area is 238 Å². The number of hydrogen-bond donors (Lipinski definition) is 1. The number of H-pyrrole nitrogens is 1. The van der Waals surface area contributed by atoms with Crippen LogP contribution in [0.4, 0.5) is 16.4 Å². The van der Waals surface area contributed by atoms with Gasteiger partial charge in [-0.05, 0) is 81.7 Å². The summed E-state index contributed by atoms with van der Waals surface area (Å²) in [5.74, 6) is 0. The van der Waals surface area contributed by atoms with Crippen LogP contribution in [0, 0.1) is 0 Å². The minimum atomic E-state index is -0.122. The Hall–Kier alpha value is -4.60. The van der Waals surface area contributed by atoms with Gasteiger partial charge in [-0.1, -0.05) is 86.6 Å². The molecule has 5 aromatic carbocycles. The molecule has 1 aliphatic rings. The Morgan fingerprint density at radius 3 is 2.17 bits per heavy atom. The summed E-state index contributed by atoms with van der Waals surface area (Å²) in [7, 11) is 0. The van der Waals surface area contributed by atoms with Crippen LogP contribution in [0.2, 0.25) is 0 Å². The van der Waals surface area contributed by atoms with Gasteiger partial charge in [-0.15, -0.1) is 11.3 Å². The third-order valence-electron chi connectivity index (χ3n) is 8.51. The van der Waals surface area contributed by atoms with Gasteiger partial charge in [0.1, 0.15) is 0 Å². The second-order valence-corrected chi connectivity index (χ2v) is 12.1. The van der Waals surface area contributed by atoms with Crippen LogP contribution in [-0.2, 0) is 5.41 Å². The van der Waals surface area contributed by atoms with Crippen LogP contribution in [0.1, 0.15) is 25.0 Å². The summed E-state index contributed by atoms with van der Waals surface area (Å²) in [6, 6.07) is 44.2. The fraction of sp³-hybridized carbons (Fsp3) is 0.0811. The zero-order valence-electron chi connectivity index (χ0n) is 22.5. The van der Waals surface area contributed by atoms with E-state index in [1.807, 2.05) is 0 Å². The number of para-hydroxylation sites is 3. The smallest absolute Gasteiger partial charge is 0.0999 e. The summed E-state index contributed by atoms with van der Waals surface area (Å²) >= 11 is 1.77. The number of thiophene rings is 1. The molecule has 192 valence electrons. The summed E-state index contributed by atoms with van der Waals surface area (Å²) in [6.45, 7) is 4.74. The SMILES string of the molecule is CC1(C)c2cc(-c3cccc4c3[nH]c3ccccc34)ccc2-c2ccc(N(c3ccccc3)c3cccs3)cc21. The van der Waals surface area contributed by atoms with Gasteiger partial charge in [-0.25, -0.2) is 0 Å². The van der Waals surface area contributed by atoms with E-state index in [1.165, 1.54) is 71.6 Å². The highest BCUT2D eigenvalue weighted by Gasteiger charge is 2.36. The predicted octanol–water partition coefficient (Wildman–Crippen LogP) is 10.8. The minimum Gasteiger partial charge on any atom is -0.354 e. The van der Waals surface area contributed by atoms with Crippen LogP contribution in [-0.4, -0.2) is 4.98 Å². The van der Waals surface area contributed by atoms with E-state index in [-0.39, 0.29) is 5.41 Å². The lowest BCUT2D eigenvalue weighted by Gasteiger charge is -2.27. The molecule has 0 unspecified atom stereocenters. The maximum absolute atomic E-state index is 3.69. The number of anilines is 3. The minimum absolute atomic E-state index is 0.122. The molecule has 7 aromatic rings. The molecule has 8 rings (SSSR count). The highest BCUT2D eigenvalue weighted by atomic mass is 32.1. The summed E-state index contributed by atoms with van der Waals surface area (Å²) in [6.07, 6.45) is 0. The number of aromatic amines is 1. The quantitative estimate of drug-likeness (QED) is 0.239. The molecular weight excluding hydrogens is 504 g/mol. The first-order valence-electron chi connectivity index (χ1n) is 13.8. The molecule has 2 heterocycles. The third-order valence-corrected chi connectivity index (χ3v) is 9.36. The summed E-state index contributed by atoms with van der Waals surface area (Å²) in [5, 5.41) is 5.91. The van der Waals surface area contributed by atoms with E-state index in [0.29, 0.717) is 0 Å². The van der Waals surface area contributed by atoms with Crippen LogP contribution in [0.15, 0.2) is 127 Å². The van der Waals surface area contributed by atoms with Crippen molar-refractivity contribution in [3.63, 3.8) is 0 Å². The van der Waals surface area contributed by atoms with E-state index >= 15 is 0 Å². The highest BCUT2D eigenvalue weighted by Crippen LogP contribution is 2.52. The number of aromatic nitrogens is 1. The van der Waals surface area contributed by atoms with Gasteiger partial charge in [0, 0.05) is 38.6 Å². The lowest BCUT2D eigenvalue weighted by molar-refractivity contribution is 0.660. The van der Waals surface area contributed by atoms with Crippen LogP contribution in [0.25, 0.3) is 44.1 Å². The zero-order valence-corrected chi connectivity index (χ0v) is 23.3. The van der Waals surface area contributed by atoms with Crippen molar-refractivity contribution in [3.8, 4) is 22.3 Å². The molecule has 3 heteroatoms. The molecule has 0 fully saturated rings. The van der Waals surface area contributed by atoms with E-state index in [4.69, 9.17) is 0 Å². The van der Waals surface area contributed by atoms with Crippen molar-refractivity contribution in [2.75, 3.05) is 4.90 Å². The van der Waals surface area contributed by atoms with Crippen LogP contribution < -0.4 is 4.90 Å². The van der Waals surface area contributed by atoms with Crippen molar-refractivity contribution < 1.29 is 0 Å². The molecular formula is C37H28N2S. The van der Waals surface area contributed by atoms with Crippen LogP contribution in [0.3, 0.4) is 0 Å². The van der Waals surface area contributed by atoms with Crippen molar-refractivity contribution in [1.29, 1.82) is 0 Å². The molecule has 40 heavy (non-hydrogen) atoms. The molecule has 0 spiro atoms. The van der Waals surface area contributed by atoms with Gasteiger partial charge in [-0.2, -0.15) is 0 Å². The predicted molar refractivity (Wildman–Crippen MR) is 171 cm³/mol. The van der Waals surface area contributed by atoms with Gasteiger partial charge in [0.05, 0.1) is 10.5 Å². The molecule has 0 saturated carbocycles. The highest BCUT2D eigenvalue weighted by molar-refractivity contribution is 7.14. The van der Waals surface area contributed by atoms with Crippen molar-refractivity contribution in [1.82, 2.24) is 4.98 Å². The maximum atomic E-state index is 3.69. The van der Waals surface area contributed by atoms with Gasteiger partial charge in [0.25, 0.3) is 0 Å². The molecule has 1 aliphatic carbocycles. The summed E-state index contributed by atoms with van der Waals surface area (Å²) < 4.78 is 0. The van der Waals surface area contributed by atoms with Crippen molar-refractivity contribution in [2.45, 2.75) is 19.3 Å². The first kappa shape index (κ1) is 23.3. The van der Waals surface area contributed by atoms with Crippen LogP contribution in [0.5, 0.6) is 0 Å². The Bertz CT molecular complexity index is 2030. The van der Waals surface area contributed by atoms with Crippen molar-refractivity contribution >= 4 is 49.5 Å². The number of rotatable bonds is 4. The Morgan fingerprint density at radius 2 is 1.35 bits per heavy atom. The van der Waals surface area contributed by atoms with Gasteiger partial charge in [0.15, 0.2) is 0 Å². The molecule has 0 aliphatic heterocycles. The first-order valence-corrected chi connectivity index (χ1v) is 14.7. The fourth-order valence-electron chi connectivity index (χ4n) is 6.52. The standard InChI is InChI=1S/C37H28N2S/c1-37(2)32-22-24(27-13-8-14-31-30-12-6-7-15-34(30)38-36(27)31)17-19-28(32)29-20-18-26(23-33(29)37)39(35-16-9-21-40-35)25-10-4-3-5-11-25/h3-23,38H,1-2H3. The van der Waals surface area contributed by atoms with Gasteiger partial charge < -0.3 is 9.88 Å². The number of fused-ring (bicyclic) bond motifs is 6. The van der Waals surface area contributed by atoms with Crippen LogP contribution >= 0.6 is 11.3 Å². The second kappa shape index (κ2) is 8.70. The second-order valence-electron chi connectivity index (χ2n) is 11.1. The largest absolute Gasteiger partial charge is 0.354 e. The van der Waals surface area contributed by atoms with E-state index in [9.17, 15) is 0 Å². The van der Waals surface area contributed by atoms with Crippen molar-refractivity contribution in [3.05, 3.63) is 138 Å². The number of nitrogens with one attached hydrogen (secondary N) is 1. The Balaban J connectivity index is 1.26. The van der Waals surface area contributed by atoms with Gasteiger partial charge >= 0.3 is 0 Å². The molecule has 0 bridgehead atoms. The zero-order chi connectivity index (χ0) is 26.8. The average molecular weight is 533 g/mol. The fourth-order valence-corrected chi connectivity index (χ4v) is 7.29. The normalized spacial score (nSPS) is 13.4. The monoisotopic (exact) mass is 532 g/mol. The lowest BCUT2D eigenvalue weighted by atomic mass is 9.81. The van der Waals surface area contributed by atoms with Gasteiger partial charge in [-0.3, -0.25) is 0 Å². The summed E-state index contributed by atoms with van der Waals surface area (Å²) in [5.41, 5.74) is 12.5. The lowest BCUT2D eigenvalue weighted by Crippen LogP contribution is -2.16. The molecule has 0 amide bonds. The molecule has 0 radical (unpaired) electrons. The molecule has 2 aromatic heterocycles. The molecule has 0 saturated heterocycles. The van der Waals surface area contributed by atoms with E-state index in [0.717, 1.165) is 0 Å².